The maximum absolute atomic E-state index is 12.4. The van der Waals surface area contributed by atoms with Gasteiger partial charge in [-0.25, -0.2) is 9.59 Å². The zero-order valence-electron chi connectivity index (χ0n) is 31.7. The SMILES string of the molecule is Cc1[nH]c(=O)nc2c1c(C#CCNC(=O)CCCCCNC(=O)CCCC[C@@H]1SC[C@@H]3NC(=O)N[C@@H]31)cn2[C@H]1C[C@H](O)[C@@H](COP(=O)(O)CP(=O)(O)CP(=O)(O)O)O1. The molecule has 0 radical (unpaired) electrons. The maximum Gasteiger partial charge on any atom is 0.347 e. The smallest absolute Gasteiger partial charge is 0.347 e. The number of aliphatic hydroxyl groups is 1. The van der Waals surface area contributed by atoms with Gasteiger partial charge in [-0.2, -0.15) is 16.7 Å². The van der Waals surface area contributed by atoms with Gasteiger partial charge in [-0.15, -0.1) is 0 Å². The van der Waals surface area contributed by atoms with Gasteiger partial charge in [0.2, 0.25) is 19.2 Å². The van der Waals surface area contributed by atoms with Crippen LogP contribution >= 0.6 is 34.3 Å². The van der Waals surface area contributed by atoms with Crippen LogP contribution in [0.15, 0.2) is 11.0 Å². The van der Waals surface area contributed by atoms with Crippen LogP contribution in [0, 0.1) is 18.8 Å². The van der Waals surface area contributed by atoms with E-state index >= 15 is 0 Å². The number of nitrogens with one attached hydrogen (secondary N) is 5. The van der Waals surface area contributed by atoms with Crippen molar-refractivity contribution in [2.24, 2.45) is 0 Å². The number of amides is 4. The van der Waals surface area contributed by atoms with Crippen molar-refractivity contribution in [1.82, 2.24) is 35.8 Å². The maximum atomic E-state index is 12.4. The molecule has 2 unspecified atom stereocenters. The van der Waals surface area contributed by atoms with Crippen molar-refractivity contribution in [3.05, 3.63) is 27.9 Å². The van der Waals surface area contributed by atoms with E-state index in [0.29, 0.717) is 41.3 Å². The number of hydrogen-bond donors (Lipinski definition) is 10. The van der Waals surface area contributed by atoms with E-state index in [1.807, 2.05) is 11.8 Å². The lowest BCUT2D eigenvalue weighted by Crippen LogP contribution is -2.36. The van der Waals surface area contributed by atoms with Crippen LogP contribution in [0.25, 0.3) is 11.0 Å². The molecular weight excluding hydrogens is 843 g/mol. The Morgan fingerprint density at radius 2 is 1.76 bits per heavy atom. The van der Waals surface area contributed by atoms with Gasteiger partial charge in [0.15, 0.2) is 5.65 Å². The molecule has 5 rings (SSSR count). The Morgan fingerprint density at radius 1 is 1.03 bits per heavy atom. The summed E-state index contributed by atoms with van der Waals surface area (Å²) < 4.78 is 47.9. The number of aliphatic hydroxyl groups excluding tert-OH is 1. The zero-order chi connectivity index (χ0) is 42.3. The van der Waals surface area contributed by atoms with E-state index in [1.54, 1.807) is 13.1 Å². The third-order valence-corrected chi connectivity index (χ3v) is 18.2. The number of unbranched alkanes of at least 4 members (excludes halogenated alkanes) is 3. The Labute approximate surface area is 337 Å². The average molecular weight is 894 g/mol. The number of urea groups is 1. The summed E-state index contributed by atoms with van der Waals surface area (Å²) in [6.45, 7) is 1.49. The summed E-state index contributed by atoms with van der Waals surface area (Å²) in [6, 6.07) is 0.263. The molecule has 0 saturated carbocycles. The van der Waals surface area contributed by atoms with E-state index in [1.165, 1.54) is 4.57 Å². The van der Waals surface area contributed by atoms with Gasteiger partial charge in [-0.05, 0) is 32.6 Å². The van der Waals surface area contributed by atoms with E-state index in [2.05, 4.69) is 43.1 Å². The number of carbonyl (C=O) groups is 3. The molecule has 0 aliphatic carbocycles. The second kappa shape index (κ2) is 20.0. The van der Waals surface area contributed by atoms with Crippen molar-refractivity contribution < 1.29 is 62.0 Å². The first kappa shape index (κ1) is 46.0. The molecule has 2 aromatic rings. The fourth-order valence-corrected chi connectivity index (χ4v) is 15.0. The van der Waals surface area contributed by atoms with Gasteiger partial charge in [-0.3, -0.25) is 23.3 Å². The predicted octanol–water partition coefficient (Wildman–Crippen LogP) is 1.12. The van der Waals surface area contributed by atoms with Gasteiger partial charge in [0.25, 0.3) is 0 Å². The lowest BCUT2D eigenvalue weighted by Gasteiger charge is -2.20. The highest BCUT2D eigenvalue weighted by atomic mass is 32.2. The van der Waals surface area contributed by atoms with E-state index in [4.69, 9.17) is 19.0 Å². The summed E-state index contributed by atoms with van der Waals surface area (Å²) in [4.78, 5) is 93.0. The summed E-state index contributed by atoms with van der Waals surface area (Å²) in [5.41, 5.74) is 0.380. The van der Waals surface area contributed by atoms with E-state index in [-0.39, 0.29) is 55.0 Å². The molecule has 58 heavy (non-hydrogen) atoms. The molecule has 322 valence electrons. The van der Waals surface area contributed by atoms with Gasteiger partial charge in [0, 0.05) is 48.7 Å². The molecule has 3 saturated heterocycles. The molecule has 3 fully saturated rings. The summed E-state index contributed by atoms with van der Waals surface area (Å²) in [5, 5.41) is 23.1. The Balaban J connectivity index is 1.02. The minimum atomic E-state index is -4.97. The topological polar surface area (TPSA) is 321 Å². The quantitative estimate of drug-likeness (QED) is 0.0385. The van der Waals surface area contributed by atoms with Crippen molar-refractivity contribution in [2.45, 2.75) is 100 Å². The van der Waals surface area contributed by atoms with Crippen LogP contribution in [-0.4, -0.2) is 124 Å². The number of fused-ring (bicyclic) bond motifs is 2. The first-order chi connectivity index (χ1) is 27.3. The number of H-pyrrole nitrogens is 1. The van der Waals surface area contributed by atoms with Gasteiger partial charge in [-0.1, -0.05) is 24.7 Å². The van der Waals surface area contributed by atoms with Crippen LogP contribution in [0.1, 0.15) is 75.3 Å². The number of thioether (sulfide) groups is 1. The Hall–Kier alpha value is -3.05. The molecule has 0 spiro atoms. The zero-order valence-corrected chi connectivity index (χ0v) is 35.2. The molecule has 5 heterocycles. The fourth-order valence-electron chi connectivity index (χ4n) is 7.09. The van der Waals surface area contributed by atoms with E-state index in [0.717, 1.165) is 37.9 Å². The second-order valence-electron chi connectivity index (χ2n) is 14.6. The van der Waals surface area contributed by atoms with Crippen LogP contribution in [0.3, 0.4) is 0 Å². The Kier molecular flexibility index (Phi) is 15.9. The molecule has 0 bridgehead atoms. The monoisotopic (exact) mass is 893 g/mol. The molecule has 0 aromatic carbocycles. The van der Waals surface area contributed by atoms with Crippen molar-refractivity contribution in [3.63, 3.8) is 0 Å². The number of hydrogen-bond acceptors (Lipinski definition) is 12. The van der Waals surface area contributed by atoms with Crippen molar-refractivity contribution >= 4 is 63.2 Å². The number of ether oxygens (including phenoxy) is 1. The van der Waals surface area contributed by atoms with Crippen LogP contribution in [0.4, 0.5) is 4.79 Å². The van der Waals surface area contributed by atoms with Gasteiger partial charge in [0.05, 0.1) is 42.3 Å². The summed E-state index contributed by atoms with van der Waals surface area (Å²) >= 11 is 1.86. The third kappa shape index (κ3) is 13.5. The first-order valence-electron chi connectivity index (χ1n) is 18.8. The number of aromatic amines is 1. The Bertz CT molecular complexity index is 2100. The minimum Gasteiger partial charge on any atom is -0.390 e. The average Bonchev–Trinajstić information content (AvgIpc) is 3.86. The molecule has 3 aliphatic heterocycles. The molecule has 3 aliphatic rings. The highest BCUT2D eigenvalue weighted by molar-refractivity contribution is 8.00. The molecule has 21 nitrogen and oxygen atoms in total. The molecule has 2 aromatic heterocycles. The van der Waals surface area contributed by atoms with Crippen LogP contribution < -0.4 is 27.0 Å². The lowest BCUT2D eigenvalue weighted by atomic mass is 10.0. The highest BCUT2D eigenvalue weighted by Crippen LogP contribution is 2.63. The minimum absolute atomic E-state index is 0.00278. The summed E-state index contributed by atoms with van der Waals surface area (Å²) in [5.74, 6) is 3.65. The highest BCUT2D eigenvalue weighted by Gasteiger charge is 2.43. The Morgan fingerprint density at radius 3 is 2.50 bits per heavy atom. The van der Waals surface area contributed by atoms with Gasteiger partial charge < -0.3 is 64.8 Å². The second-order valence-corrected chi connectivity index (χ2v) is 22.7. The van der Waals surface area contributed by atoms with Crippen LogP contribution in [0.5, 0.6) is 0 Å². The molecular formula is C33H50N7O14P3S. The summed E-state index contributed by atoms with van der Waals surface area (Å²) in [6.07, 6.45) is 3.56. The van der Waals surface area contributed by atoms with Crippen molar-refractivity contribution in [3.8, 4) is 11.8 Å². The lowest BCUT2D eigenvalue weighted by molar-refractivity contribution is -0.122. The fraction of sp³-hybridized carbons (Fsp3) is 0.667. The van der Waals surface area contributed by atoms with E-state index in [9.17, 15) is 47.8 Å². The third-order valence-electron chi connectivity index (χ3n) is 9.72. The molecule has 4 amide bonds. The van der Waals surface area contributed by atoms with Gasteiger partial charge >= 0.3 is 26.9 Å². The molecule has 10 N–H and O–H groups in total. The summed E-state index contributed by atoms with van der Waals surface area (Å²) in [7, 11) is -14.6. The van der Waals surface area contributed by atoms with Crippen molar-refractivity contribution in [2.75, 3.05) is 37.3 Å². The number of carbonyl (C=O) groups excluding carboxylic acids is 3. The first-order valence-corrected chi connectivity index (χ1v) is 25.4. The molecule has 8 atom stereocenters. The van der Waals surface area contributed by atoms with Crippen molar-refractivity contribution in [1.29, 1.82) is 0 Å². The standard InChI is InChI=1S/C33H50N7O14P3S/c1-20-29-21(8-7-13-35-26(42)10-3-2-6-12-34-27(43)11-5-4-9-25-30-22(17-58-25)37-33(45)38-30)15-40(31(29)39-32(44)36-20)28-14-23(41)24(54-28)16-53-57(51,52)19-55(46,47)18-56(48,49)50/h15,22-25,28,30,41H,2-6,9-14,16-19H2,1H3,(H,34,43)(H,35,42)(H,46,47)(H,51,52)(H,36,39,44)(H2,37,38,45)(H2,48,49,50)/t22-,23-,24+,25-,28+,30-/m0/s1. The number of nitrogens with zero attached hydrogens (tertiary/aromatic N) is 2. The van der Waals surface area contributed by atoms with Gasteiger partial charge in [0.1, 0.15) is 24.1 Å². The number of rotatable bonds is 20. The normalized spacial score (nSPS) is 24.9. The number of aromatic nitrogens is 3. The van der Waals surface area contributed by atoms with Crippen LogP contribution in [-0.2, 0) is 32.5 Å². The largest absolute Gasteiger partial charge is 0.390 e. The van der Waals surface area contributed by atoms with Crippen LogP contribution in [0.2, 0.25) is 0 Å². The predicted molar refractivity (Wildman–Crippen MR) is 212 cm³/mol. The molecule has 25 heteroatoms. The van der Waals surface area contributed by atoms with E-state index < -0.39 is 65.1 Å². The number of aryl methyl sites for hydroxylation is 1.